The first-order valence-electron chi connectivity index (χ1n) is 5.44. The summed E-state index contributed by atoms with van der Waals surface area (Å²) in [5.41, 5.74) is 13.6. The van der Waals surface area contributed by atoms with Crippen molar-refractivity contribution in [3.63, 3.8) is 0 Å². The van der Waals surface area contributed by atoms with Crippen LogP contribution in [0.15, 0.2) is 41.3 Å². The molecule has 5 N–H and O–H groups in total. The van der Waals surface area contributed by atoms with Crippen molar-refractivity contribution in [1.29, 1.82) is 0 Å². The molecule has 4 heteroatoms. The third-order valence-corrected chi connectivity index (χ3v) is 2.58. The van der Waals surface area contributed by atoms with Crippen molar-refractivity contribution in [3.8, 4) is 0 Å². The zero-order chi connectivity index (χ0) is 12.1. The second-order valence-corrected chi connectivity index (χ2v) is 4.14. The second kappa shape index (κ2) is 5.39. The van der Waals surface area contributed by atoms with Gasteiger partial charge in [0.15, 0.2) is 5.96 Å². The number of hydrogen-bond acceptors (Lipinski definition) is 4. The average molecular weight is 220 g/mol. The maximum absolute atomic E-state index is 5.90. The summed E-state index contributed by atoms with van der Waals surface area (Å²) in [5, 5.41) is 2.81. The molecule has 88 valence electrons. The van der Waals surface area contributed by atoms with Crippen molar-refractivity contribution in [2.75, 3.05) is 0 Å². The summed E-state index contributed by atoms with van der Waals surface area (Å²) in [6.45, 7) is 9.67. The predicted octanol–water partition coefficient (Wildman–Crippen LogP) is 1.58. The molecule has 1 aliphatic rings. The summed E-state index contributed by atoms with van der Waals surface area (Å²) in [4.78, 5) is 4.21. The highest BCUT2D eigenvalue weighted by Crippen LogP contribution is 2.22. The molecule has 0 saturated heterocycles. The number of guanidine groups is 1. The van der Waals surface area contributed by atoms with Gasteiger partial charge in [0.05, 0.1) is 17.1 Å². The van der Waals surface area contributed by atoms with Gasteiger partial charge in [0.25, 0.3) is 0 Å². The van der Waals surface area contributed by atoms with E-state index in [9.17, 15) is 0 Å². The smallest absolute Gasteiger partial charge is 0.198 e. The van der Waals surface area contributed by atoms with E-state index in [0.717, 1.165) is 25.0 Å². The van der Waals surface area contributed by atoms with Gasteiger partial charge in [-0.25, -0.2) is 4.99 Å². The Morgan fingerprint density at radius 3 is 2.81 bits per heavy atom. The molecule has 0 aromatic rings. The van der Waals surface area contributed by atoms with Gasteiger partial charge in [-0.3, -0.25) is 0 Å². The highest BCUT2D eigenvalue weighted by molar-refractivity contribution is 5.83. The van der Waals surface area contributed by atoms with E-state index in [0.29, 0.717) is 23.3 Å². The largest absolute Gasteiger partial charge is 0.396 e. The van der Waals surface area contributed by atoms with Gasteiger partial charge in [0.1, 0.15) is 0 Å². The zero-order valence-electron chi connectivity index (χ0n) is 9.79. The van der Waals surface area contributed by atoms with Gasteiger partial charge in [0.2, 0.25) is 0 Å². The highest BCUT2D eigenvalue weighted by Gasteiger charge is 2.15. The van der Waals surface area contributed by atoms with E-state index in [2.05, 4.69) is 30.4 Å². The van der Waals surface area contributed by atoms with Crippen molar-refractivity contribution in [3.05, 3.63) is 36.3 Å². The molecule has 0 radical (unpaired) electrons. The van der Waals surface area contributed by atoms with Crippen LogP contribution in [0.3, 0.4) is 0 Å². The van der Waals surface area contributed by atoms with Crippen LogP contribution in [0, 0.1) is 5.92 Å². The van der Waals surface area contributed by atoms with Gasteiger partial charge in [-0.2, -0.15) is 0 Å². The van der Waals surface area contributed by atoms with Crippen LogP contribution < -0.4 is 16.8 Å². The standard InChI is InChI=1S/C12H20N4/c1-4-5-6-8(2)7-10-11(13)9(3)15-12(14)16-10/h4,8H,1,3,5-7,13H2,2H3,(H3,14,15,16). The van der Waals surface area contributed by atoms with Crippen LogP contribution in [0.25, 0.3) is 0 Å². The first kappa shape index (κ1) is 12.4. The normalized spacial score (nSPS) is 17.8. The van der Waals surface area contributed by atoms with Crippen molar-refractivity contribution in [1.82, 2.24) is 5.32 Å². The van der Waals surface area contributed by atoms with Crippen LogP contribution in [-0.4, -0.2) is 5.96 Å². The van der Waals surface area contributed by atoms with E-state index < -0.39 is 0 Å². The Morgan fingerprint density at radius 1 is 1.50 bits per heavy atom. The molecule has 0 spiro atoms. The Balaban J connectivity index is 2.68. The summed E-state index contributed by atoms with van der Waals surface area (Å²) in [7, 11) is 0. The lowest BCUT2D eigenvalue weighted by Gasteiger charge is -2.20. The number of aliphatic imine (C=N–C) groups is 1. The van der Waals surface area contributed by atoms with E-state index in [1.165, 1.54) is 0 Å². The summed E-state index contributed by atoms with van der Waals surface area (Å²) in [5.74, 6) is 0.874. The lowest BCUT2D eigenvalue weighted by atomic mass is 9.98. The topological polar surface area (TPSA) is 76.4 Å². The molecule has 0 amide bonds. The van der Waals surface area contributed by atoms with Gasteiger partial charge in [0, 0.05) is 0 Å². The monoisotopic (exact) mass is 220 g/mol. The maximum atomic E-state index is 5.90. The Bertz CT molecular complexity index is 352. The van der Waals surface area contributed by atoms with Crippen molar-refractivity contribution in [2.45, 2.75) is 26.2 Å². The van der Waals surface area contributed by atoms with E-state index >= 15 is 0 Å². The molecule has 1 atom stereocenters. The fourth-order valence-electron chi connectivity index (χ4n) is 1.62. The van der Waals surface area contributed by atoms with E-state index in [-0.39, 0.29) is 0 Å². The fourth-order valence-corrected chi connectivity index (χ4v) is 1.62. The van der Waals surface area contributed by atoms with Gasteiger partial charge in [-0.15, -0.1) is 6.58 Å². The number of hydrogen-bond donors (Lipinski definition) is 3. The van der Waals surface area contributed by atoms with Crippen LogP contribution >= 0.6 is 0 Å². The molecule has 0 saturated carbocycles. The Labute approximate surface area is 96.8 Å². The van der Waals surface area contributed by atoms with Crippen LogP contribution in [0.2, 0.25) is 0 Å². The minimum Gasteiger partial charge on any atom is -0.396 e. The van der Waals surface area contributed by atoms with Crippen LogP contribution in [0.4, 0.5) is 0 Å². The fraction of sp³-hybridized carbons (Fsp3) is 0.417. The number of nitrogens with zero attached hydrogens (tertiary/aromatic N) is 1. The Kier molecular flexibility index (Phi) is 4.17. The highest BCUT2D eigenvalue weighted by atomic mass is 15.1. The Hall–Kier alpha value is -1.71. The molecule has 1 unspecified atom stereocenters. The van der Waals surface area contributed by atoms with E-state index in [4.69, 9.17) is 11.5 Å². The molecular weight excluding hydrogens is 200 g/mol. The van der Waals surface area contributed by atoms with Crippen LogP contribution in [0.5, 0.6) is 0 Å². The van der Waals surface area contributed by atoms with Crippen LogP contribution in [-0.2, 0) is 0 Å². The first-order valence-corrected chi connectivity index (χ1v) is 5.44. The van der Waals surface area contributed by atoms with Gasteiger partial charge >= 0.3 is 0 Å². The molecule has 0 aromatic heterocycles. The summed E-state index contributed by atoms with van der Waals surface area (Å²) < 4.78 is 0. The third kappa shape index (κ3) is 3.15. The van der Waals surface area contributed by atoms with Gasteiger partial charge in [-0.1, -0.05) is 19.6 Å². The molecule has 0 bridgehead atoms. The molecular formula is C12H20N4. The summed E-state index contributed by atoms with van der Waals surface area (Å²) in [6.07, 6.45) is 4.83. The number of allylic oxidation sites excluding steroid dienone is 2. The lowest BCUT2D eigenvalue weighted by Crippen LogP contribution is -2.36. The van der Waals surface area contributed by atoms with Crippen molar-refractivity contribution in [2.24, 2.45) is 22.4 Å². The molecule has 1 rings (SSSR count). The van der Waals surface area contributed by atoms with Crippen LogP contribution in [0.1, 0.15) is 26.2 Å². The molecule has 4 nitrogen and oxygen atoms in total. The third-order valence-electron chi connectivity index (χ3n) is 2.58. The molecule has 16 heavy (non-hydrogen) atoms. The number of nitrogens with one attached hydrogen (secondary N) is 1. The van der Waals surface area contributed by atoms with Crippen molar-refractivity contribution >= 4 is 5.96 Å². The molecule has 1 aliphatic heterocycles. The zero-order valence-corrected chi connectivity index (χ0v) is 9.79. The summed E-state index contributed by atoms with van der Waals surface area (Å²) >= 11 is 0. The van der Waals surface area contributed by atoms with Gasteiger partial charge < -0.3 is 16.8 Å². The predicted molar refractivity (Wildman–Crippen MR) is 68.3 cm³/mol. The SMILES string of the molecule is C=CCCC(C)CC1=C(N)C(=C)NC(N)=N1. The molecule has 0 fully saturated rings. The van der Waals surface area contributed by atoms with Gasteiger partial charge in [-0.05, 0) is 25.2 Å². The molecule has 0 aromatic carbocycles. The summed E-state index contributed by atoms with van der Waals surface area (Å²) in [6, 6.07) is 0. The maximum Gasteiger partial charge on any atom is 0.198 e. The average Bonchev–Trinajstić information content (AvgIpc) is 2.22. The second-order valence-electron chi connectivity index (χ2n) is 4.14. The molecule has 0 aliphatic carbocycles. The minimum absolute atomic E-state index is 0.366. The van der Waals surface area contributed by atoms with E-state index in [1.54, 1.807) is 0 Å². The first-order chi connectivity index (χ1) is 7.54. The van der Waals surface area contributed by atoms with Crippen molar-refractivity contribution < 1.29 is 0 Å². The van der Waals surface area contributed by atoms with E-state index in [1.807, 2.05) is 6.08 Å². The lowest BCUT2D eigenvalue weighted by molar-refractivity contribution is 0.528. The molecule has 1 heterocycles. The minimum atomic E-state index is 0.366. The Morgan fingerprint density at radius 2 is 2.19 bits per heavy atom. The number of rotatable bonds is 5. The number of nitrogens with two attached hydrogens (primary N) is 2. The quantitative estimate of drug-likeness (QED) is 0.616.